The molecule has 0 radical (unpaired) electrons. The van der Waals surface area contributed by atoms with E-state index in [1.165, 1.54) is 17.9 Å². The molecule has 196 valence electrons. The van der Waals surface area contributed by atoms with Crippen LogP contribution >= 0.6 is 0 Å². The zero-order valence-electron chi connectivity index (χ0n) is 21.3. The average molecular weight is 514 g/mol. The number of methoxy groups -OCH3 is 1. The third-order valence-corrected chi connectivity index (χ3v) is 7.10. The van der Waals surface area contributed by atoms with Gasteiger partial charge in [0.25, 0.3) is 5.56 Å². The summed E-state index contributed by atoms with van der Waals surface area (Å²) in [6.45, 7) is 1.75. The Labute approximate surface area is 220 Å². The summed E-state index contributed by atoms with van der Waals surface area (Å²) in [6.07, 6.45) is -0.157. The summed E-state index contributed by atoms with van der Waals surface area (Å²) in [7, 11) is 1.53. The number of rotatable bonds is 8. The molecule has 2 heterocycles. The number of hydrogen-bond donors (Lipinski definition) is 3. The third kappa shape index (κ3) is 4.52. The van der Waals surface area contributed by atoms with Crippen molar-refractivity contribution in [2.75, 3.05) is 13.7 Å². The number of aliphatic hydroxyl groups excluding tert-OH is 1. The predicted octanol–water partition coefficient (Wildman–Crippen LogP) is 2.83. The number of benzene rings is 3. The number of nitrogens with zero attached hydrogens (tertiary/aromatic N) is 1. The van der Waals surface area contributed by atoms with Crippen LogP contribution in [0.25, 0.3) is 0 Å². The Kier molecular flexibility index (Phi) is 7.14. The molecule has 4 aromatic rings. The largest absolute Gasteiger partial charge is 0.390 e. The van der Waals surface area contributed by atoms with E-state index in [4.69, 9.17) is 9.47 Å². The van der Waals surface area contributed by atoms with Crippen molar-refractivity contribution in [3.05, 3.63) is 140 Å². The van der Waals surface area contributed by atoms with Crippen LogP contribution in [-0.2, 0) is 20.9 Å². The first kappa shape index (κ1) is 25.8. The lowest BCUT2D eigenvalue weighted by atomic mass is 9.76. The molecule has 5 rings (SSSR count). The zero-order valence-corrected chi connectivity index (χ0v) is 21.3. The molecule has 8 heteroatoms. The number of nitrogens with one attached hydrogen (secondary N) is 2. The van der Waals surface area contributed by atoms with Gasteiger partial charge in [-0.25, -0.2) is 4.79 Å². The fourth-order valence-corrected chi connectivity index (χ4v) is 5.31. The highest BCUT2D eigenvalue weighted by molar-refractivity contribution is 5.49. The first-order chi connectivity index (χ1) is 18.4. The number of hydrogen-bond acceptors (Lipinski definition) is 6. The molecule has 0 amide bonds. The Morgan fingerprint density at radius 1 is 0.974 bits per heavy atom. The summed E-state index contributed by atoms with van der Waals surface area (Å²) in [4.78, 5) is 28.0. The Balaban J connectivity index is 1.82. The fourth-order valence-electron chi connectivity index (χ4n) is 5.31. The molecule has 1 aliphatic heterocycles. The molecular weight excluding hydrogens is 482 g/mol. The SMILES string of the molecule is COC[C@H]1O[C@@](NC(c2ccccc2)(c2ccccc2)c2ccccc2)(n2cc(C)c(=O)[nH]c2=O)C[C@@H]1O. The van der Waals surface area contributed by atoms with Crippen LogP contribution in [0.2, 0.25) is 0 Å². The second-order valence-electron chi connectivity index (χ2n) is 9.58. The Hall–Kier alpha value is -3.82. The quantitative estimate of drug-likeness (QED) is 0.313. The van der Waals surface area contributed by atoms with Crippen LogP contribution in [0.15, 0.2) is 107 Å². The summed E-state index contributed by atoms with van der Waals surface area (Å²) in [5, 5.41) is 14.8. The number of ether oxygens (including phenoxy) is 2. The van der Waals surface area contributed by atoms with Gasteiger partial charge >= 0.3 is 5.69 Å². The number of aromatic nitrogens is 2. The van der Waals surface area contributed by atoms with Gasteiger partial charge in [-0.1, -0.05) is 91.0 Å². The topological polar surface area (TPSA) is 106 Å². The highest BCUT2D eigenvalue weighted by Crippen LogP contribution is 2.43. The van der Waals surface area contributed by atoms with Crippen molar-refractivity contribution in [3.8, 4) is 0 Å². The van der Waals surface area contributed by atoms with Crippen molar-refractivity contribution in [3.63, 3.8) is 0 Å². The van der Waals surface area contributed by atoms with Gasteiger partial charge in [-0.05, 0) is 23.6 Å². The lowest BCUT2D eigenvalue weighted by molar-refractivity contribution is -0.152. The van der Waals surface area contributed by atoms with Crippen molar-refractivity contribution in [2.45, 2.75) is 36.9 Å². The van der Waals surface area contributed by atoms with Crippen molar-refractivity contribution >= 4 is 0 Å². The normalized spacial score (nSPS) is 21.4. The van der Waals surface area contributed by atoms with E-state index in [1.54, 1.807) is 6.92 Å². The second kappa shape index (κ2) is 10.5. The number of H-pyrrole nitrogens is 1. The highest BCUT2D eigenvalue weighted by atomic mass is 16.6. The standard InChI is InChI=1S/C30H31N3O5/c1-21-19-33(28(36)31-27(21)35)29(18-25(34)26(38-29)20-37-2)32-30(22-12-6-3-7-13-22,23-14-8-4-9-15-23)24-16-10-5-11-17-24/h3-17,19,25-26,32,34H,18,20H2,1-2H3,(H,31,35,36)/t25-,26+,29-/m0/s1. The summed E-state index contributed by atoms with van der Waals surface area (Å²) < 4.78 is 13.2. The first-order valence-electron chi connectivity index (χ1n) is 12.5. The molecule has 8 nitrogen and oxygen atoms in total. The molecule has 1 fully saturated rings. The number of aromatic amines is 1. The summed E-state index contributed by atoms with van der Waals surface area (Å²) >= 11 is 0. The van der Waals surface area contributed by atoms with E-state index in [-0.39, 0.29) is 13.0 Å². The first-order valence-corrected chi connectivity index (χ1v) is 12.5. The van der Waals surface area contributed by atoms with Crippen molar-refractivity contribution in [2.24, 2.45) is 0 Å². The molecule has 0 spiro atoms. The predicted molar refractivity (Wildman–Crippen MR) is 144 cm³/mol. The van der Waals surface area contributed by atoms with Gasteiger partial charge in [0.05, 0.1) is 18.2 Å². The maximum atomic E-state index is 13.3. The molecule has 38 heavy (non-hydrogen) atoms. The van der Waals surface area contributed by atoms with Gasteiger partial charge < -0.3 is 14.6 Å². The Bertz CT molecular complexity index is 1390. The summed E-state index contributed by atoms with van der Waals surface area (Å²) in [6, 6.07) is 29.7. The van der Waals surface area contributed by atoms with Crippen LogP contribution in [0.3, 0.4) is 0 Å². The molecule has 3 aromatic carbocycles. The monoisotopic (exact) mass is 513 g/mol. The number of aliphatic hydroxyl groups is 1. The molecule has 1 saturated heterocycles. The zero-order chi connectivity index (χ0) is 26.8. The van der Waals surface area contributed by atoms with E-state index >= 15 is 0 Å². The average Bonchev–Trinajstić information content (AvgIpc) is 3.26. The molecule has 0 aliphatic carbocycles. The Morgan fingerprint density at radius 3 is 1.95 bits per heavy atom. The van der Waals surface area contributed by atoms with E-state index < -0.39 is 34.8 Å². The third-order valence-electron chi connectivity index (χ3n) is 7.10. The molecular formula is C30H31N3O5. The Morgan fingerprint density at radius 2 is 1.47 bits per heavy atom. The van der Waals surface area contributed by atoms with Crippen LogP contribution in [0.5, 0.6) is 0 Å². The van der Waals surface area contributed by atoms with Crippen LogP contribution in [0.1, 0.15) is 28.7 Å². The molecule has 3 atom stereocenters. The maximum absolute atomic E-state index is 13.3. The van der Waals surface area contributed by atoms with E-state index in [9.17, 15) is 14.7 Å². The van der Waals surface area contributed by atoms with Gasteiger partial charge in [-0.2, -0.15) is 0 Å². The van der Waals surface area contributed by atoms with Gasteiger partial charge in [0.1, 0.15) is 6.10 Å². The second-order valence-corrected chi connectivity index (χ2v) is 9.58. The van der Waals surface area contributed by atoms with Crippen LogP contribution in [0, 0.1) is 6.92 Å². The van der Waals surface area contributed by atoms with E-state index in [0.29, 0.717) is 5.56 Å². The summed E-state index contributed by atoms with van der Waals surface area (Å²) in [5.41, 5.74) is 0.895. The molecule has 0 saturated carbocycles. The minimum Gasteiger partial charge on any atom is -0.390 e. The lowest BCUT2D eigenvalue weighted by Gasteiger charge is -2.45. The molecule has 0 bridgehead atoms. The highest BCUT2D eigenvalue weighted by Gasteiger charge is 2.53. The molecule has 1 aliphatic rings. The van der Waals surface area contributed by atoms with Gasteiger partial charge in [0.15, 0.2) is 0 Å². The van der Waals surface area contributed by atoms with Crippen molar-refractivity contribution in [1.29, 1.82) is 0 Å². The van der Waals surface area contributed by atoms with Crippen molar-refractivity contribution in [1.82, 2.24) is 14.9 Å². The summed E-state index contributed by atoms with van der Waals surface area (Å²) in [5.74, 6) is -1.55. The van der Waals surface area contributed by atoms with E-state index in [1.807, 2.05) is 91.0 Å². The molecule has 1 aromatic heterocycles. The van der Waals surface area contributed by atoms with E-state index in [0.717, 1.165) is 16.7 Å². The van der Waals surface area contributed by atoms with Gasteiger partial charge in [-0.15, -0.1) is 0 Å². The van der Waals surface area contributed by atoms with Crippen LogP contribution in [0.4, 0.5) is 0 Å². The van der Waals surface area contributed by atoms with Gasteiger partial charge in [0, 0.05) is 25.3 Å². The lowest BCUT2D eigenvalue weighted by Crippen LogP contribution is -2.61. The van der Waals surface area contributed by atoms with Crippen LogP contribution < -0.4 is 16.6 Å². The number of aryl methyl sites for hydroxylation is 1. The van der Waals surface area contributed by atoms with Crippen LogP contribution in [-0.4, -0.2) is 40.6 Å². The van der Waals surface area contributed by atoms with Crippen molar-refractivity contribution < 1.29 is 14.6 Å². The molecule has 3 N–H and O–H groups in total. The maximum Gasteiger partial charge on any atom is 0.331 e. The minimum absolute atomic E-state index is 0.0284. The smallest absolute Gasteiger partial charge is 0.331 e. The molecule has 0 unspecified atom stereocenters. The minimum atomic E-state index is -1.55. The van der Waals surface area contributed by atoms with Gasteiger partial charge in [0.2, 0.25) is 5.85 Å². The fraction of sp³-hybridized carbons (Fsp3) is 0.267. The van der Waals surface area contributed by atoms with Gasteiger partial charge in [-0.3, -0.25) is 19.7 Å². The van der Waals surface area contributed by atoms with E-state index in [2.05, 4.69) is 10.3 Å².